The van der Waals surface area contributed by atoms with Crippen molar-refractivity contribution in [2.45, 2.75) is 117 Å². The van der Waals surface area contributed by atoms with Crippen molar-refractivity contribution < 1.29 is 26.2 Å². The average molecular weight is 556 g/mol. The second kappa shape index (κ2) is 51.7. The number of hydrogen-bond acceptors (Lipinski definition) is 0. The van der Waals surface area contributed by atoms with Crippen LogP contribution in [0, 0.1) is 101 Å². The SMILES string of the molecule is [C-]#CCCCCCC.[C-]#CCCCCCC.[C-]#CCCCCCC.[CH]1[CH][CH][CH][CH]1.[CH]1[CH][CH][CH][CH]1.[Li].[Zr+3]. The second-order valence-corrected chi connectivity index (χ2v) is 7.89. The predicted molar refractivity (Wildman–Crippen MR) is 156 cm³/mol. The van der Waals surface area contributed by atoms with Crippen molar-refractivity contribution in [3.63, 3.8) is 0 Å². The van der Waals surface area contributed by atoms with E-state index in [0.29, 0.717) is 0 Å². The molecule has 36 heavy (non-hydrogen) atoms. The molecule has 0 bridgehead atoms. The Bertz CT molecular complexity index is 366. The van der Waals surface area contributed by atoms with E-state index in [2.05, 4.69) is 38.5 Å². The Hall–Kier alpha value is 0.161. The molecule has 0 amide bonds. The largest absolute Gasteiger partial charge is 3.00 e. The van der Waals surface area contributed by atoms with Crippen LogP contribution in [0.1, 0.15) is 117 Å². The maximum Gasteiger partial charge on any atom is 3.00 e. The predicted octanol–water partition coefficient (Wildman–Crippen LogP) is 9.30. The van der Waals surface area contributed by atoms with Gasteiger partial charge < -0.3 is 37.0 Å². The zero-order valence-corrected chi connectivity index (χ0v) is 26.3. The summed E-state index contributed by atoms with van der Waals surface area (Å²) in [7, 11) is 0. The number of unbranched alkanes of at least 4 members (excludes halogenated alkanes) is 12. The molecular weight excluding hydrogens is 507 g/mol. The van der Waals surface area contributed by atoms with Gasteiger partial charge in [-0.25, -0.2) is 0 Å². The summed E-state index contributed by atoms with van der Waals surface area (Å²) in [6, 6.07) is 0. The molecule has 0 aliphatic heterocycles. The molecule has 0 aromatic heterocycles. The molecule has 0 aromatic rings. The van der Waals surface area contributed by atoms with Gasteiger partial charge in [-0.2, -0.15) is 0 Å². The van der Waals surface area contributed by atoms with Crippen LogP contribution in [0.3, 0.4) is 0 Å². The van der Waals surface area contributed by atoms with Crippen LogP contribution in [0.15, 0.2) is 0 Å². The monoisotopic (exact) mass is 554 g/mol. The van der Waals surface area contributed by atoms with Gasteiger partial charge in [0.2, 0.25) is 0 Å². The Labute approximate surface area is 261 Å². The van der Waals surface area contributed by atoms with Gasteiger partial charge in [0, 0.05) is 18.9 Å². The minimum atomic E-state index is 0. The summed E-state index contributed by atoms with van der Waals surface area (Å²) < 4.78 is 0. The van der Waals surface area contributed by atoms with E-state index in [9.17, 15) is 0 Å². The molecule has 190 valence electrons. The van der Waals surface area contributed by atoms with E-state index in [1.54, 1.807) is 0 Å². The summed E-state index contributed by atoms with van der Waals surface area (Å²) >= 11 is 0. The smallest absolute Gasteiger partial charge is 0.694 e. The van der Waals surface area contributed by atoms with Crippen molar-refractivity contribution in [3.8, 4) is 17.8 Å². The molecule has 0 saturated heterocycles. The Kier molecular flexibility index (Phi) is 66.2. The molecule has 2 aliphatic rings. The maximum absolute atomic E-state index is 6.59. The van der Waals surface area contributed by atoms with Crippen LogP contribution >= 0.6 is 0 Å². The van der Waals surface area contributed by atoms with E-state index in [4.69, 9.17) is 19.3 Å². The van der Waals surface area contributed by atoms with Crippen molar-refractivity contribution in [1.82, 2.24) is 0 Å². The van der Waals surface area contributed by atoms with E-state index in [1.807, 2.05) is 64.2 Å². The molecule has 2 rings (SSSR count). The fraction of sp³-hybridized carbons (Fsp3) is 0.529. The van der Waals surface area contributed by atoms with Crippen molar-refractivity contribution in [2.75, 3.05) is 0 Å². The van der Waals surface area contributed by atoms with Gasteiger partial charge in [-0.05, 0) is 103 Å². The van der Waals surface area contributed by atoms with E-state index < -0.39 is 0 Å². The Morgan fingerprint density at radius 3 is 0.722 bits per heavy atom. The van der Waals surface area contributed by atoms with Gasteiger partial charge in [0.25, 0.3) is 0 Å². The summed E-state index contributed by atoms with van der Waals surface area (Å²) in [5, 5.41) is 0. The van der Waals surface area contributed by atoms with Crippen molar-refractivity contribution in [3.05, 3.63) is 83.5 Å². The van der Waals surface area contributed by atoms with Gasteiger partial charge in [-0.15, -0.1) is 0 Å². The van der Waals surface area contributed by atoms with Crippen LogP contribution in [0.25, 0.3) is 0 Å². The zero-order valence-electron chi connectivity index (χ0n) is 23.9. The Morgan fingerprint density at radius 2 is 0.583 bits per heavy atom. The first-order valence-electron chi connectivity index (χ1n) is 13.3. The molecule has 2 aliphatic carbocycles. The van der Waals surface area contributed by atoms with Crippen LogP contribution < -0.4 is 0 Å². The Balaban J connectivity index is -0.000000111. The fourth-order valence-electron chi connectivity index (χ4n) is 2.56. The summed E-state index contributed by atoms with van der Waals surface area (Å²) in [4.78, 5) is 0. The zero-order chi connectivity index (χ0) is 25.8. The summed E-state index contributed by atoms with van der Waals surface area (Å²) in [5.41, 5.74) is 0. The average Bonchev–Trinajstić information content (AvgIpc) is 3.63. The van der Waals surface area contributed by atoms with E-state index in [-0.39, 0.29) is 45.1 Å². The number of hydrogen-bond donors (Lipinski definition) is 0. The van der Waals surface area contributed by atoms with Crippen LogP contribution in [-0.4, -0.2) is 18.9 Å². The molecule has 0 atom stereocenters. The van der Waals surface area contributed by atoms with E-state index in [1.165, 1.54) is 57.8 Å². The third kappa shape index (κ3) is 59.3. The molecule has 2 saturated carbocycles. The van der Waals surface area contributed by atoms with Gasteiger partial charge in [0.05, 0.1) is 0 Å². The first kappa shape index (κ1) is 46.0. The molecule has 0 unspecified atom stereocenters. The van der Waals surface area contributed by atoms with Gasteiger partial charge in [-0.1, -0.05) is 78.6 Å². The van der Waals surface area contributed by atoms with Crippen molar-refractivity contribution in [1.29, 1.82) is 0 Å². The van der Waals surface area contributed by atoms with Crippen LogP contribution in [0.4, 0.5) is 0 Å². The number of rotatable bonds is 12. The first-order valence-corrected chi connectivity index (χ1v) is 13.3. The quantitative estimate of drug-likeness (QED) is 0.0974. The topological polar surface area (TPSA) is 0 Å². The van der Waals surface area contributed by atoms with Gasteiger partial charge in [0.15, 0.2) is 0 Å². The standard InChI is InChI=1S/3C8H13.2C5H5.Li.Zr/c3*1-3-5-7-8-6-4-2;2*1-2-4-5-3-1;;/h3*3,5-8H2,1H3;2*1-5H;;/q3*-1;;;;+3. The van der Waals surface area contributed by atoms with Crippen LogP contribution in [-0.2, 0) is 26.2 Å². The molecule has 2 heteroatoms. The van der Waals surface area contributed by atoms with E-state index >= 15 is 0 Å². The Morgan fingerprint density at radius 1 is 0.389 bits per heavy atom. The fourth-order valence-corrected chi connectivity index (χ4v) is 2.56. The maximum atomic E-state index is 6.59. The summed E-state index contributed by atoms with van der Waals surface area (Å²) in [6.07, 6.45) is 57.3. The van der Waals surface area contributed by atoms with Gasteiger partial charge in [0.1, 0.15) is 0 Å². The molecule has 0 heterocycles. The van der Waals surface area contributed by atoms with Crippen LogP contribution in [0.5, 0.6) is 0 Å². The van der Waals surface area contributed by atoms with Gasteiger partial charge in [-0.3, -0.25) is 0 Å². The molecular formula is C34H49LiZr. The normalized spacial score (nSPS) is 12.3. The first-order chi connectivity index (χ1) is 16.7. The third-order valence-corrected chi connectivity index (χ3v) is 4.58. The molecule has 0 aromatic carbocycles. The molecule has 0 N–H and O–H groups in total. The minimum Gasteiger partial charge on any atom is -0.694 e. The molecule has 0 spiro atoms. The second-order valence-electron chi connectivity index (χ2n) is 7.89. The van der Waals surface area contributed by atoms with Crippen LogP contribution in [0.2, 0.25) is 0 Å². The van der Waals surface area contributed by atoms with E-state index in [0.717, 1.165) is 38.5 Å². The van der Waals surface area contributed by atoms with Crippen molar-refractivity contribution in [2.24, 2.45) is 0 Å². The molecule has 0 nitrogen and oxygen atoms in total. The van der Waals surface area contributed by atoms with Gasteiger partial charge >= 0.3 is 26.2 Å². The molecule has 12 radical (unpaired) electrons. The summed E-state index contributed by atoms with van der Waals surface area (Å²) in [6.45, 7) is 6.57. The minimum absolute atomic E-state index is 0. The van der Waals surface area contributed by atoms with Crippen molar-refractivity contribution >= 4 is 18.9 Å². The summed E-state index contributed by atoms with van der Waals surface area (Å²) in [5.74, 6) is 7.13. The third-order valence-electron chi connectivity index (χ3n) is 4.58. The molecule has 2 fully saturated rings.